The zero-order chi connectivity index (χ0) is 22.1. The quantitative estimate of drug-likeness (QED) is 0.593. The normalized spacial score (nSPS) is 11.5. The topological polar surface area (TPSA) is 98.8 Å². The van der Waals surface area contributed by atoms with Gasteiger partial charge < -0.3 is 15.5 Å². The van der Waals surface area contributed by atoms with E-state index in [4.69, 9.17) is 0 Å². The van der Waals surface area contributed by atoms with Crippen LogP contribution < -0.4 is 10.6 Å². The highest BCUT2D eigenvalue weighted by Crippen LogP contribution is 2.17. The summed E-state index contributed by atoms with van der Waals surface area (Å²) in [6, 6.07) is 15.8. The van der Waals surface area contributed by atoms with Gasteiger partial charge in [0.1, 0.15) is 0 Å². The van der Waals surface area contributed by atoms with Crippen LogP contribution in [-0.2, 0) is 26.2 Å². The summed E-state index contributed by atoms with van der Waals surface area (Å²) in [5.74, 6) is -0.613. The lowest BCUT2D eigenvalue weighted by Crippen LogP contribution is -2.40. The highest BCUT2D eigenvalue weighted by atomic mass is 32.2. The molecule has 2 aromatic rings. The summed E-state index contributed by atoms with van der Waals surface area (Å²) in [6.45, 7) is 2.91. The second-order valence-corrected chi connectivity index (χ2v) is 9.08. The molecule has 0 unspecified atom stereocenters. The Morgan fingerprint density at radius 2 is 1.60 bits per heavy atom. The van der Waals surface area contributed by atoms with Crippen molar-refractivity contribution in [2.24, 2.45) is 0 Å². The van der Waals surface area contributed by atoms with Gasteiger partial charge in [0.05, 0.1) is 11.4 Å². The first-order valence-electron chi connectivity index (χ1n) is 9.51. The number of nitrogens with one attached hydrogen (secondary N) is 2. The van der Waals surface area contributed by atoms with E-state index in [-0.39, 0.29) is 23.3 Å². The van der Waals surface area contributed by atoms with E-state index in [1.54, 1.807) is 0 Å². The molecule has 0 radical (unpaired) electrons. The van der Waals surface area contributed by atoms with Gasteiger partial charge in [-0.3, -0.25) is 9.59 Å². The third kappa shape index (κ3) is 7.25. The van der Waals surface area contributed by atoms with Crippen LogP contribution in [-0.4, -0.2) is 63.2 Å². The zero-order valence-electron chi connectivity index (χ0n) is 17.5. The molecule has 0 heterocycles. The molecule has 0 aliphatic rings. The summed E-state index contributed by atoms with van der Waals surface area (Å²) in [5, 5.41) is 5.33. The molecule has 0 saturated heterocycles. The summed E-state index contributed by atoms with van der Waals surface area (Å²) in [6.07, 6.45) is 0. The van der Waals surface area contributed by atoms with Gasteiger partial charge in [-0.05, 0) is 36.9 Å². The molecule has 30 heavy (non-hydrogen) atoms. The van der Waals surface area contributed by atoms with Crippen molar-refractivity contribution in [1.29, 1.82) is 0 Å². The molecular formula is C21H28N4O4S. The maximum atomic E-state index is 12.6. The van der Waals surface area contributed by atoms with Crippen LogP contribution in [0, 0.1) is 0 Å². The molecule has 2 aromatic carbocycles. The Hall–Kier alpha value is -2.75. The fraction of sp³-hybridized carbons (Fsp3) is 0.333. The Kier molecular flexibility index (Phi) is 8.52. The SMILES string of the molecule is CC(=O)Nc1ccc(S(=O)(=O)N(C)CC(=O)NCCN(C)Cc2ccccc2)cc1. The van der Waals surface area contributed by atoms with Crippen LogP contribution in [0.15, 0.2) is 59.5 Å². The predicted molar refractivity (Wildman–Crippen MR) is 116 cm³/mol. The van der Waals surface area contributed by atoms with Gasteiger partial charge in [0.2, 0.25) is 21.8 Å². The van der Waals surface area contributed by atoms with E-state index in [2.05, 4.69) is 15.5 Å². The Balaban J connectivity index is 1.81. The van der Waals surface area contributed by atoms with Gasteiger partial charge in [-0.1, -0.05) is 30.3 Å². The van der Waals surface area contributed by atoms with Gasteiger partial charge in [0.15, 0.2) is 0 Å². The van der Waals surface area contributed by atoms with Gasteiger partial charge in [0, 0.05) is 39.3 Å². The summed E-state index contributed by atoms with van der Waals surface area (Å²) in [5.41, 5.74) is 1.68. The fourth-order valence-electron chi connectivity index (χ4n) is 2.80. The molecular weight excluding hydrogens is 404 g/mol. The summed E-state index contributed by atoms with van der Waals surface area (Å²) >= 11 is 0. The minimum Gasteiger partial charge on any atom is -0.354 e. The highest BCUT2D eigenvalue weighted by Gasteiger charge is 2.22. The lowest BCUT2D eigenvalue weighted by atomic mass is 10.2. The number of sulfonamides is 1. The van der Waals surface area contributed by atoms with Crippen molar-refractivity contribution in [2.45, 2.75) is 18.4 Å². The van der Waals surface area contributed by atoms with E-state index >= 15 is 0 Å². The molecule has 2 amide bonds. The molecule has 0 atom stereocenters. The molecule has 162 valence electrons. The molecule has 0 bridgehead atoms. The lowest BCUT2D eigenvalue weighted by Gasteiger charge is -2.19. The van der Waals surface area contributed by atoms with Crippen molar-refractivity contribution in [3.8, 4) is 0 Å². The van der Waals surface area contributed by atoms with Crippen molar-refractivity contribution in [3.05, 3.63) is 60.2 Å². The van der Waals surface area contributed by atoms with Crippen LogP contribution in [0.4, 0.5) is 5.69 Å². The number of hydrogen-bond donors (Lipinski definition) is 2. The fourth-order valence-corrected chi connectivity index (χ4v) is 3.92. The maximum Gasteiger partial charge on any atom is 0.243 e. The third-order valence-electron chi connectivity index (χ3n) is 4.36. The molecule has 9 heteroatoms. The Morgan fingerprint density at radius 3 is 2.20 bits per heavy atom. The molecule has 0 aliphatic heterocycles. The zero-order valence-corrected chi connectivity index (χ0v) is 18.3. The van der Waals surface area contributed by atoms with Gasteiger partial charge in [-0.25, -0.2) is 8.42 Å². The number of benzene rings is 2. The van der Waals surface area contributed by atoms with Crippen molar-refractivity contribution >= 4 is 27.5 Å². The average molecular weight is 433 g/mol. The van der Waals surface area contributed by atoms with Crippen molar-refractivity contribution in [2.75, 3.05) is 39.0 Å². The van der Waals surface area contributed by atoms with E-state index in [1.807, 2.05) is 37.4 Å². The molecule has 0 aromatic heterocycles. The summed E-state index contributed by atoms with van der Waals surface area (Å²) in [4.78, 5) is 25.3. The van der Waals surface area contributed by atoms with E-state index in [9.17, 15) is 18.0 Å². The molecule has 8 nitrogen and oxygen atoms in total. The number of carbonyl (C=O) groups excluding carboxylic acids is 2. The molecule has 0 saturated carbocycles. The minimum absolute atomic E-state index is 0.0505. The first-order chi connectivity index (χ1) is 14.2. The molecule has 0 fully saturated rings. The predicted octanol–water partition coefficient (Wildman–Crippen LogP) is 1.51. The van der Waals surface area contributed by atoms with Crippen LogP contribution in [0.3, 0.4) is 0 Å². The first kappa shape index (κ1) is 23.5. The second kappa shape index (κ2) is 10.9. The van der Waals surface area contributed by atoms with E-state index in [0.29, 0.717) is 18.8 Å². The van der Waals surface area contributed by atoms with E-state index in [0.717, 1.165) is 10.8 Å². The summed E-state index contributed by atoms with van der Waals surface area (Å²) in [7, 11) is -0.494. The number of anilines is 1. The number of carbonyl (C=O) groups is 2. The van der Waals surface area contributed by atoms with Gasteiger partial charge in [0.25, 0.3) is 0 Å². The number of hydrogen-bond acceptors (Lipinski definition) is 5. The van der Waals surface area contributed by atoms with E-state index in [1.165, 1.54) is 43.8 Å². The smallest absolute Gasteiger partial charge is 0.243 e. The average Bonchev–Trinajstić information content (AvgIpc) is 2.68. The van der Waals surface area contributed by atoms with Crippen molar-refractivity contribution < 1.29 is 18.0 Å². The Morgan fingerprint density at radius 1 is 0.967 bits per heavy atom. The first-order valence-corrected chi connectivity index (χ1v) is 11.0. The van der Waals surface area contributed by atoms with Gasteiger partial charge in [-0.15, -0.1) is 0 Å². The number of amides is 2. The van der Waals surface area contributed by atoms with Gasteiger partial charge >= 0.3 is 0 Å². The second-order valence-electron chi connectivity index (χ2n) is 7.04. The minimum atomic E-state index is -3.81. The number of likely N-dealkylation sites (N-methyl/N-ethyl adjacent to an activating group) is 2. The molecule has 0 aliphatic carbocycles. The summed E-state index contributed by atoms with van der Waals surface area (Å²) < 4.78 is 26.3. The lowest BCUT2D eigenvalue weighted by molar-refractivity contribution is -0.121. The van der Waals surface area contributed by atoms with Crippen LogP contribution in [0.25, 0.3) is 0 Å². The Labute approximate surface area is 177 Å². The number of rotatable bonds is 10. The Bertz CT molecular complexity index is 947. The third-order valence-corrected chi connectivity index (χ3v) is 6.18. The highest BCUT2D eigenvalue weighted by molar-refractivity contribution is 7.89. The molecule has 2 N–H and O–H groups in total. The van der Waals surface area contributed by atoms with Crippen molar-refractivity contribution in [3.63, 3.8) is 0 Å². The van der Waals surface area contributed by atoms with Crippen LogP contribution in [0.5, 0.6) is 0 Å². The van der Waals surface area contributed by atoms with Crippen LogP contribution >= 0.6 is 0 Å². The van der Waals surface area contributed by atoms with Crippen molar-refractivity contribution in [1.82, 2.24) is 14.5 Å². The van der Waals surface area contributed by atoms with Crippen LogP contribution in [0.2, 0.25) is 0 Å². The maximum absolute atomic E-state index is 12.6. The van der Waals surface area contributed by atoms with E-state index < -0.39 is 10.0 Å². The monoisotopic (exact) mass is 432 g/mol. The molecule has 0 spiro atoms. The van der Waals surface area contributed by atoms with Gasteiger partial charge in [-0.2, -0.15) is 4.31 Å². The van der Waals surface area contributed by atoms with Crippen LogP contribution in [0.1, 0.15) is 12.5 Å². The number of nitrogens with zero attached hydrogens (tertiary/aromatic N) is 2. The largest absolute Gasteiger partial charge is 0.354 e. The molecule has 2 rings (SSSR count). The standard InChI is InChI=1S/C21H28N4O4S/c1-17(26)23-19-9-11-20(12-10-19)30(28,29)25(3)16-21(27)22-13-14-24(2)15-18-7-5-4-6-8-18/h4-12H,13-16H2,1-3H3,(H,22,27)(H,23,26).